The molecule has 0 spiro atoms. The molecule has 1 heterocycles. The predicted octanol–water partition coefficient (Wildman–Crippen LogP) is 1.52. The van der Waals surface area contributed by atoms with Gasteiger partial charge in [0.2, 0.25) is 0 Å². The second kappa shape index (κ2) is 15.0. The minimum absolute atomic E-state index is 0.526. The molecule has 1 radical (unpaired) electrons. The van der Waals surface area contributed by atoms with E-state index in [1.54, 1.807) is 0 Å². The van der Waals surface area contributed by atoms with Crippen molar-refractivity contribution in [1.82, 2.24) is 0 Å². The molecule has 0 bridgehead atoms. The van der Waals surface area contributed by atoms with Crippen LogP contribution in [0.3, 0.4) is 0 Å². The van der Waals surface area contributed by atoms with Crippen LogP contribution >= 0.6 is 0 Å². The largest absolute Gasteiger partial charge is 0.394 e. The van der Waals surface area contributed by atoms with E-state index in [0.717, 1.165) is 6.42 Å². The summed E-state index contributed by atoms with van der Waals surface area (Å²) in [4.78, 5) is 0. The van der Waals surface area contributed by atoms with E-state index >= 15 is 0 Å². The third-order valence-electron chi connectivity index (χ3n) is 4.22. The number of aliphatic hydroxyl groups excluding tert-OH is 5. The van der Waals surface area contributed by atoms with Crippen molar-refractivity contribution in [2.75, 3.05) is 6.61 Å². The van der Waals surface area contributed by atoms with Crippen LogP contribution in [0.15, 0.2) is 0 Å². The molecule has 24 heavy (non-hydrogen) atoms. The molecule has 0 aromatic carbocycles. The first-order valence-corrected chi connectivity index (χ1v) is 9.27. The molecule has 5 atom stereocenters. The lowest BCUT2D eigenvalue weighted by molar-refractivity contribution is -0.286. The topological polar surface area (TPSA) is 110 Å². The summed E-state index contributed by atoms with van der Waals surface area (Å²) in [6.07, 6.45) is 6.84. The lowest BCUT2D eigenvalue weighted by Crippen LogP contribution is -2.58. The van der Waals surface area contributed by atoms with Gasteiger partial charge in [-0.2, -0.15) is 0 Å². The fourth-order valence-electron chi connectivity index (χ4n) is 2.57. The first-order chi connectivity index (χ1) is 11.5. The summed E-state index contributed by atoms with van der Waals surface area (Å²) < 4.78 is 4.58. The standard InChI is InChI=1S/C12H25.C6H12O6/c1-3-5-7-9-11-12-10-8-6-4-2;7-1-2-3(8)4(9)5(10)6(11)12-2/h1,3-12H2,2H3;2-11H,1H2/t;2-,3-,4+,5-,6?/m.1/s1. The quantitative estimate of drug-likeness (QED) is 0.383. The van der Waals surface area contributed by atoms with E-state index in [1.165, 1.54) is 57.8 Å². The number of ether oxygens (including phenoxy) is 1. The Balaban J connectivity index is 0.000000441. The summed E-state index contributed by atoms with van der Waals surface area (Å²) in [6.45, 7) is 5.59. The zero-order chi connectivity index (χ0) is 18.4. The maximum Gasteiger partial charge on any atom is 0.184 e. The highest BCUT2D eigenvalue weighted by Gasteiger charge is 2.42. The molecule has 1 rings (SSSR count). The van der Waals surface area contributed by atoms with Crippen molar-refractivity contribution in [2.24, 2.45) is 0 Å². The molecule has 5 N–H and O–H groups in total. The number of aliphatic hydroxyl groups is 5. The van der Waals surface area contributed by atoms with Crippen molar-refractivity contribution in [2.45, 2.75) is 102 Å². The van der Waals surface area contributed by atoms with E-state index in [9.17, 15) is 0 Å². The van der Waals surface area contributed by atoms with Gasteiger partial charge in [0.05, 0.1) is 6.61 Å². The van der Waals surface area contributed by atoms with Crippen molar-refractivity contribution in [1.29, 1.82) is 0 Å². The van der Waals surface area contributed by atoms with Gasteiger partial charge in [0.25, 0.3) is 0 Å². The smallest absolute Gasteiger partial charge is 0.184 e. The Labute approximate surface area is 146 Å². The Morgan fingerprint density at radius 3 is 1.71 bits per heavy atom. The van der Waals surface area contributed by atoms with E-state index in [-0.39, 0.29) is 0 Å². The average molecular weight is 349 g/mol. The molecule has 1 aliphatic heterocycles. The van der Waals surface area contributed by atoms with Gasteiger partial charge in [0.1, 0.15) is 24.4 Å². The average Bonchev–Trinajstić information content (AvgIpc) is 2.59. The number of rotatable bonds is 10. The van der Waals surface area contributed by atoms with Crippen LogP contribution < -0.4 is 0 Å². The van der Waals surface area contributed by atoms with Crippen LogP contribution in [0.1, 0.15) is 71.1 Å². The zero-order valence-electron chi connectivity index (χ0n) is 15.0. The Morgan fingerprint density at radius 2 is 1.25 bits per heavy atom. The lowest BCUT2D eigenvalue weighted by atomic mass is 10.00. The van der Waals surface area contributed by atoms with Crippen LogP contribution in [0.2, 0.25) is 0 Å². The van der Waals surface area contributed by atoms with Gasteiger partial charge in [-0.15, -0.1) is 0 Å². The van der Waals surface area contributed by atoms with E-state index in [4.69, 9.17) is 25.5 Å². The number of hydrogen-bond acceptors (Lipinski definition) is 6. The summed E-state index contributed by atoms with van der Waals surface area (Å²) in [6, 6.07) is 0. The van der Waals surface area contributed by atoms with Gasteiger partial charge in [-0.25, -0.2) is 0 Å². The minimum atomic E-state index is -1.57. The van der Waals surface area contributed by atoms with Crippen LogP contribution in [0.4, 0.5) is 0 Å². The lowest BCUT2D eigenvalue weighted by Gasteiger charge is -2.37. The monoisotopic (exact) mass is 349 g/mol. The normalized spacial score (nSPS) is 29.9. The second-order valence-electron chi connectivity index (χ2n) is 6.40. The van der Waals surface area contributed by atoms with Gasteiger partial charge in [-0.05, 0) is 0 Å². The van der Waals surface area contributed by atoms with Crippen molar-refractivity contribution < 1.29 is 30.3 Å². The summed E-state index contributed by atoms with van der Waals surface area (Å²) in [7, 11) is 0. The fourth-order valence-corrected chi connectivity index (χ4v) is 2.57. The molecule has 0 saturated carbocycles. The maximum absolute atomic E-state index is 9.12. The summed E-state index contributed by atoms with van der Waals surface area (Å²) in [5.74, 6) is 0. The van der Waals surface area contributed by atoms with E-state index in [1.807, 2.05) is 0 Å². The van der Waals surface area contributed by atoms with Crippen LogP contribution in [0.25, 0.3) is 0 Å². The fraction of sp³-hybridized carbons (Fsp3) is 0.944. The first kappa shape index (κ1) is 23.8. The maximum atomic E-state index is 9.12. The Kier molecular flexibility index (Phi) is 14.9. The van der Waals surface area contributed by atoms with Gasteiger partial charge in [0.15, 0.2) is 6.29 Å². The molecule has 0 aromatic heterocycles. The molecule has 1 aliphatic rings. The first-order valence-electron chi connectivity index (χ1n) is 9.27. The highest BCUT2D eigenvalue weighted by molar-refractivity contribution is 4.87. The number of unbranched alkanes of at least 4 members (excludes halogenated alkanes) is 9. The van der Waals surface area contributed by atoms with Crippen molar-refractivity contribution >= 4 is 0 Å². The summed E-state index contributed by atoms with van der Waals surface area (Å²) in [5.41, 5.74) is 0. The zero-order valence-corrected chi connectivity index (χ0v) is 15.0. The van der Waals surface area contributed by atoms with Gasteiger partial charge in [0, 0.05) is 0 Å². The van der Waals surface area contributed by atoms with Crippen molar-refractivity contribution in [3.05, 3.63) is 6.92 Å². The highest BCUT2D eigenvalue weighted by atomic mass is 16.6. The van der Waals surface area contributed by atoms with Crippen LogP contribution in [-0.4, -0.2) is 62.8 Å². The summed E-state index contributed by atoms with van der Waals surface area (Å²) >= 11 is 0. The molecular weight excluding hydrogens is 312 g/mol. The molecule has 1 saturated heterocycles. The summed E-state index contributed by atoms with van der Waals surface area (Å²) in [5, 5.41) is 44.7. The number of hydrogen-bond donors (Lipinski definition) is 5. The third-order valence-corrected chi connectivity index (χ3v) is 4.22. The SMILES string of the molecule is OC[C@H]1OC(O)[C@H](O)[C@@H](O)[C@@H]1O.[CH2]CCCCCCCCCCC. The van der Waals surface area contributed by atoms with Gasteiger partial charge >= 0.3 is 0 Å². The van der Waals surface area contributed by atoms with Gasteiger partial charge in [-0.1, -0.05) is 78.1 Å². The third kappa shape index (κ3) is 9.91. The second-order valence-corrected chi connectivity index (χ2v) is 6.40. The van der Waals surface area contributed by atoms with Crippen LogP contribution in [-0.2, 0) is 4.74 Å². The molecule has 0 aromatic rings. The molecule has 6 heteroatoms. The van der Waals surface area contributed by atoms with Crippen molar-refractivity contribution in [3.63, 3.8) is 0 Å². The minimum Gasteiger partial charge on any atom is -0.394 e. The molecule has 1 unspecified atom stereocenters. The van der Waals surface area contributed by atoms with Crippen molar-refractivity contribution in [3.8, 4) is 0 Å². The Hall–Kier alpha value is -0.240. The highest BCUT2D eigenvalue weighted by Crippen LogP contribution is 2.19. The Bertz CT molecular complexity index is 261. The molecule has 145 valence electrons. The van der Waals surface area contributed by atoms with E-state index in [2.05, 4.69) is 18.6 Å². The predicted molar refractivity (Wildman–Crippen MR) is 93.2 cm³/mol. The molecule has 0 amide bonds. The molecule has 6 nitrogen and oxygen atoms in total. The molecule has 1 fully saturated rings. The van der Waals surface area contributed by atoms with E-state index in [0.29, 0.717) is 0 Å². The Morgan fingerprint density at radius 1 is 0.750 bits per heavy atom. The molecule has 0 aliphatic carbocycles. The molecular formula is C18H37O6. The van der Waals surface area contributed by atoms with Crippen LogP contribution in [0.5, 0.6) is 0 Å². The van der Waals surface area contributed by atoms with Gasteiger partial charge in [-0.3, -0.25) is 0 Å². The van der Waals surface area contributed by atoms with Gasteiger partial charge < -0.3 is 30.3 Å². The van der Waals surface area contributed by atoms with E-state index < -0.39 is 37.3 Å². The van der Waals surface area contributed by atoms with Crippen LogP contribution in [0, 0.1) is 6.92 Å².